The molecule has 10 heteroatoms. The van der Waals surface area contributed by atoms with Gasteiger partial charge in [0.05, 0.1) is 33.2 Å². The van der Waals surface area contributed by atoms with Gasteiger partial charge in [-0.05, 0) is 32.1 Å². The second-order valence-corrected chi connectivity index (χ2v) is 9.94. The van der Waals surface area contributed by atoms with Crippen molar-refractivity contribution in [2.45, 2.75) is 110 Å². The first-order chi connectivity index (χ1) is 17.5. The van der Waals surface area contributed by atoms with Gasteiger partial charge in [-0.25, -0.2) is 0 Å². The summed E-state index contributed by atoms with van der Waals surface area (Å²) in [7, 11) is 3.94. The van der Waals surface area contributed by atoms with E-state index >= 15 is 0 Å². The van der Waals surface area contributed by atoms with Gasteiger partial charge in [0.15, 0.2) is 12.2 Å². The molecule has 37 heavy (non-hydrogen) atoms. The Morgan fingerprint density at radius 3 is 1.70 bits per heavy atom. The summed E-state index contributed by atoms with van der Waals surface area (Å²) < 4.78 is 28.9. The molecule has 1 aliphatic heterocycles. The molecule has 5 atom stereocenters. The Bertz CT molecular complexity index is 804. The highest BCUT2D eigenvalue weighted by Crippen LogP contribution is 2.30. The Morgan fingerprint density at radius 2 is 1.22 bits per heavy atom. The maximum Gasteiger partial charge on any atom is 0.308 e. The molecule has 0 amide bonds. The molecule has 1 rings (SSSR count). The number of ether oxygens (including phenoxy) is 5. The minimum Gasteiger partial charge on any atom is -0.455 e. The smallest absolute Gasteiger partial charge is 0.308 e. The van der Waals surface area contributed by atoms with Gasteiger partial charge in [-0.15, -0.1) is 6.42 Å². The standard InChI is InChI=1S/C27H44NO9/c1-8-13-20(29)34-24-19(5)33-27(37-23(32)16-12-18-28(6,7)17-11-4)26(36-22(31)15-10-3)25(24)35-21(30)14-9-2/h4,19,24-27H,8-10,12-18H2,1-3,5-7H3/q+1/t19-,24+,25+,26-,27-/m0/s1. The highest BCUT2D eigenvalue weighted by molar-refractivity contribution is 5.72. The first-order valence-corrected chi connectivity index (χ1v) is 13.2. The topological polar surface area (TPSA) is 114 Å². The molecule has 1 aliphatic rings. The average molecular weight is 527 g/mol. The molecule has 0 unspecified atom stereocenters. The first-order valence-electron chi connectivity index (χ1n) is 13.2. The van der Waals surface area contributed by atoms with Gasteiger partial charge in [-0.2, -0.15) is 0 Å². The lowest BCUT2D eigenvalue weighted by molar-refractivity contribution is -0.883. The molecule has 0 saturated carbocycles. The van der Waals surface area contributed by atoms with Gasteiger partial charge >= 0.3 is 23.9 Å². The van der Waals surface area contributed by atoms with E-state index in [1.807, 2.05) is 34.9 Å². The predicted molar refractivity (Wildman–Crippen MR) is 135 cm³/mol. The number of hydrogen-bond acceptors (Lipinski definition) is 9. The van der Waals surface area contributed by atoms with Crippen LogP contribution in [0, 0.1) is 12.3 Å². The van der Waals surface area contributed by atoms with E-state index in [9.17, 15) is 19.2 Å². The van der Waals surface area contributed by atoms with E-state index in [4.69, 9.17) is 30.1 Å². The fourth-order valence-corrected chi connectivity index (χ4v) is 3.90. The van der Waals surface area contributed by atoms with Crippen molar-refractivity contribution in [1.82, 2.24) is 0 Å². The Hall–Kier alpha value is -2.64. The molecule has 0 aliphatic carbocycles. The molecule has 1 fully saturated rings. The highest BCUT2D eigenvalue weighted by atomic mass is 16.7. The van der Waals surface area contributed by atoms with Crippen LogP contribution >= 0.6 is 0 Å². The normalized spacial score (nSPS) is 23.4. The third-order valence-electron chi connectivity index (χ3n) is 5.80. The van der Waals surface area contributed by atoms with Crippen molar-refractivity contribution in [2.75, 3.05) is 27.2 Å². The van der Waals surface area contributed by atoms with Gasteiger partial charge < -0.3 is 28.2 Å². The molecule has 0 radical (unpaired) electrons. The minimum absolute atomic E-state index is 0.0886. The van der Waals surface area contributed by atoms with Crippen molar-refractivity contribution in [1.29, 1.82) is 0 Å². The molecular weight excluding hydrogens is 482 g/mol. The zero-order chi connectivity index (χ0) is 28.0. The van der Waals surface area contributed by atoms with Crippen LogP contribution in [0.4, 0.5) is 0 Å². The Morgan fingerprint density at radius 1 is 0.757 bits per heavy atom. The van der Waals surface area contributed by atoms with E-state index in [1.54, 1.807) is 6.92 Å². The van der Waals surface area contributed by atoms with Gasteiger partial charge in [-0.1, -0.05) is 20.8 Å². The van der Waals surface area contributed by atoms with E-state index in [0.29, 0.717) is 43.3 Å². The molecule has 0 spiro atoms. The average Bonchev–Trinajstić information content (AvgIpc) is 2.79. The molecular formula is C27H44NO9+. The number of esters is 4. The number of hydrogen-bond donors (Lipinski definition) is 0. The lowest BCUT2D eigenvalue weighted by Gasteiger charge is -2.43. The van der Waals surface area contributed by atoms with Gasteiger partial charge in [0, 0.05) is 25.7 Å². The first kappa shape index (κ1) is 32.4. The number of carbonyl (C=O) groups excluding carboxylic acids is 4. The van der Waals surface area contributed by atoms with Crippen LogP contribution in [0.3, 0.4) is 0 Å². The second kappa shape index (κ2) is 16.3. The largest absolute Gasteiger partial charge is 0.455 e. The fourth-order valence-electron chi connectivity index (χ4n) is 3.90. The maximum atomic E-state index is 12.7. The highest BCUT2D eigenvalue weighted by Gasteiger charge is 2.52. The van der Waals surface area contributed by atoms with Crippen molar-refractivity contribution in [3.8, 4) is 12.3 Å². The molecule has 0 aromatic rings. The molecule has 0 bridgehead atoms. The zero-order valence-electron chi connectivity index (χ0n) is 23.2. The van der Waals surface area contributed by atoms with Crippen molar-refractivity contribution in [2.24, 2.45) is 0 Å². The Labute approximate surface area is 220 Å². The molecule has 0 N–H and O–H groups in total. The van der Waals surface area contributed by atoms with E-state index in [2.05, 4.69) is 5.92 Å². The molecule has 210 valence electrons. The summed E-state index contributed by atoms with van der Waals surface area (Å²) in [4.78, 5) is 50.0. The van der Waals surface area contributed by atoms with Crippen LogP contribution in [0.1, 0.15) is 79.1 Å². The number of carbonyl (C=O) groups is 4. The number of nitrogens with zero attached hydrogens (tertiary/aromatic N) is 1. The quantitative estimate of drug-likeness (QED) is 0.137. The molecule has 10 nitrogen and oxygen atoms in total. The number of terminal acetylenes is 1. The zero-order valence-corrected chi connectivity index (χ0v) is 23.2. The summed E-state index contributed by atoms with van der Waals surface area (Å²) in [6.07, 6.45) is 2.32. The van der Waals surface area contributed by atoms with Crippen molar-refractivity contribution in [3.63, 3.8) is 0 Å². The third-order valence-corrected chi connectivity index (χ3v) is 5.80. The fraction of sp³-hybridized carbons (Fsp3) is 0.778. The van der Waals surface area contributed by atoms with E-state index in [0.717, 1.165) is 0 Å². The summed E-state index contributed by atoms with van der Waals surface area (Å²) in [5.74, 6) is 0.435. The van der Waals surface area contributed by atoms with E-state index in [-0.39, 0.29) is 25.7 Å². The third kappa shape index (κ3) is 11.5. The number of rotatable bonds is 15. The van der Waals surface area contributed by atoms with E-state index in [1.165, 1.54) is 0 Å². The minimum atomic E-state index is -1.34. The number of quaternary nitrogens is 1. The SMILES string of the molecule is C#CC[N+](C)(C)CCCC(=O)O[C@@H]1O[C@@H](C)[C@@H](OC(=O)CCC)[C@@H](OC(=O)CCC)[C@@H]1OC(=O)CCC. The van der Waals surface area contributed by atoms with Crippen LogP contribution in [0.15, 0.2) is 0 Å². The van der Waals surface area contributed by atoms with Gasteiger partial charge in [0.2, 0.25) is 12.4 Å². The maximum absolute atomic E-state index is 12.7. The molecule has 0 aromatic carbocycles. The summed E-state index contributed by atoms with van der Waals surface area (Å²) in [5, 5.41) is 0. The lowest BCUT2D eigenvalue weighted by Crippen LogP contribution is -2.61. The van der Waals surface area contributed by atoms with Crippen LogP contribution < -0.4 is 0 Å². The Kier molecular flexibility index (Phi) is 14.2. The second-order valence-electron chi connectivity index (χ2n) is 9.94. The van der Waals surface area contributed by atoms with Crippen LogP contribution in [0.2, 0.25) is 0 Å². The summed E-state index contributed by atoms with van der Waals surface area (Å²) >= 11 is 0. The van der Waals surface area contributed by atoms with Crippen molar-refractivity contribution in [3.05, 3.63) is 0 Å². The summed E-state index contributed by atoms with van der Waals surface area (Å²) in [5.41, 5.74) is 0. The van der Waals surface area contributed by atoms with E-state index < -0.39 is 54.6 Å². The van der Waals surface area contributed by atoms with Crippen LogP contribution in [-0.4, -0.2) is 86.3 Å². The molecule has 1 saturated heterocycles. The predicted octanol–water partition coefficient (Wildman–Crippen LogP) is 2.90. The van der Waals surface area contributed by atoms with Crippen molar-refractivity contribution < 1.29 is 47.3 Å². The summed E-state index contributed by atoms with van der Waals surface area (Å²) in [6.45, 7) is 8.26. The van der Waals surface area contributed by atoms with Crippen LogP contribution in [0.5, 0.6) is 0 Å². The van der Waals surface area contributed by atoms with Gasteiger partial charge in [0.25, 0.3) is 0 Å². The lowest BCUT2D eigenvalue weighted by atomic mass is 9.98. The van der Waals surface area contributed by atoms with Gasteiger partial charge in [-0.3, -0.25) is 19.2 Å². The van der Waals surface area contributed by atoms with Crippen LogP contribution in [-0.2, 0) is 42.9 Å². The summed E-state index contributed by atoms with van der Waals surface area (Å²) in [6, 6.07) is 0. The monoisotopic (exact) mass is 526 g/mol. The van der Waals surface area contributed by atoms with Gasteiger partial charge in [0.1, 0.15) is 6.54 Å². The molecule has 0 aromatic heterocycles. The van der Waals surface area contributed by atoms with Crippen molar-refractivity contribution >= 4 is 23.9 Å². The Balaban J connectivity index is 3.15. The molecule has 1 heterocycles. The van der Waals surface area contributed by atoms with Crippen LogP contribution in [0.25, 0.3) is 0 Å².